The van der Waals surface area contributed by atoms with Crippen LogP contribution in [0.25, 0.3) is 0 Å². The summed E-state index contributed by atoms with van der Waals surface area (Å²) in [5.74, 6) is 0. The summed E-state index contributed by atoms with van der Waals surface area (Å²) in [5, 5.41) is 11.6. The largest absolute Gasteiger partial charge is 0.465 e. The molecule has 1 aliphatic heterocycles. The first-order chi connectivity index (χ1) is 10.1. The van der Waals surface area contributed by atoms with Crippen LogP contribution in [0.3, 0.4) is 0 Å². The molecule has 0 unspecified atom stereocenters. The van der Waals surface area contributed by atoms with Crippen molar-refractivity contribution in [1.82, 2.24) is 10.2 Å². The molecule has 1 heterocycles. The summed E-state index contributed by atoms with van der Waals surface area (Å²) in [6, 6.07) is 7.99. The van der Waals surface area contributed by atoms with Crippen LogP contribution in [0.5, 0.6) is 0 Å². The summed E-state index contributed by atoms with van der Waals surface area (Å²) in [6.45, 7) is 5.73. The van der Waals surface area contributed by atoms with Crippen LogP contribution in [-0.2, 0) is 0 Å². The van der Waals surface area contributed by atoms with E-state index in [9.17, 15) is 4.79 Å². The van der Waals surface area contributed by atoms with Crippen molar-refractivity contribution < 1.29 is 9.90 Å². The number of unbranched alkanes of at least 4 members (excludes halogenated alkanes) is 1. The van der Waals surface area contributed by atoms with Gasteiger partial charge in [0.05, 0.1) is 0 Å². The van der Waals surface area contributed by atoms with Gasteiger partial charge in [0.2, 0.25) is 0 Å². The van der Waals surface area contributed by atoms with Crippen LogP contribution in [0.4, 0.5) is 10.5 Å². The van der Waals surface area contributed by atoms with Gasteiger partial charge in [0.15, 0.2) is 0 Å². The average Bonchev–Trinajstić information content (AvgIpc) is 2.48. The SMILES string of the molecule is O=C(O)NCCCCN1CCN(c2ccc(Cl)cc2)CC1. The second-order valence-corrected chi connectivity index (χ2v) is 5.68. The molecule has 1 aromatic rings. The Labute approximate surface area is 130 Å². The third-order valence-corrected chi connectivity index (χ3v) is 3.99. The maximum Gasteiger partial charge on any atom is 0.404 e. The fraction of sp³-hybridized carbons (Fsp3) is 0.533. The third kappa shape index (κ3) is 5.44. The molecule has 5 nitrogen and oxygen atoms in total. The number of halogens is 1. The molecule has 2 N–H and O–H groups in total. The lowest BCUT2D eigenvalue weighted by Crippen LogP contribution is -2.46. The zero-order chi connectivity index (χ0) is 15.1. The molecule has 0 spiro atoms. The summed E-state index contributed by atoms with van der Waals surface area (Å²) >= 11 is 5.91. The Balaban J connectivity index is 1.64. The standard InChI is InChI=1S/C15H22ClN3O2/c16-13-3-5-14(6-4-13)19-11-9-18(10-12-19)8-2-1-7-17-15(20)21/h3-6,17H,1-2,7-12H2,(H,20,21). The van der Waals surface area contributed by atoms with Gasteiger partial charge in [0.1, 0.15) is 0 Å². The maximum atomic E-state index is 10.3. The number of carboxylic acid groups (broad SMARTS) is 1. The van der Waals surface area contributed by atoms with Gasteiger partial charge in [-0.15, -0.1) is 0 Å². The molecule has 0 bridgehead atoms. The molecule has 6 heteroatoms. The molecule has 0 aliphatic carbocycles. The first kappa shape index (κ1) is 15.9. The highest BCUT2D eigenvalue weighted by molar-refractivity contribution is 6.30. The highest BCUT2D eigenvalue weighted by Crippen LogP contribution is 2.19. The van der Waals surface area contributed by atoms with Crippen molar-refractivity contribution in [2.45, 2.75) is 12.8 Å². The van der Waals surface area contributed by atoms with Gasteiger partial charge < -0.3 is 15.3 Å². The predicted octanol–water partition coefficient (Wildman–Crippen LogP) is 2.51. The molecule has 1 aliphatic rings. The zero-order valence-electron chi connectivity index (χ0n) is 12.1. The molecule has 1 aromatic carbocycles. The van der Waals surface area contributed by atoms with Crippen LogP contribution < -0.4 is 10.2 Å². The smallest absolute Gasteiger partial charge is 0.404 e. The van der Waals surface area contributed by atoms with Crippen LogP contribution in [0, 0.1) is 0 Å². The van der Waals surface area contributed by atoms with Crippen molar-refractivity contribution in [2.75, 3.05) is 44.2 Å². The molecule has 116 valence electrons. The lowest BCUT2D eigenvalue weighted by molar-refractivity contribution is 0.193. The normalized spacial score (nSPS) is 16.0. The van der Waals surface area contributed by atoms with Crippen LogP contribution in [0.2, 0.25) is 5.02 Å². The molecule has 1 amide bonds. The molecule has 1 saturated heterocycles. The van der Waals surface area contributed by atoms with E-state index in [1.165, 1.54) is 5.69 Å². The van der Waals surface area contributed by atoms with Crippen LogP contribution >= 0.6 is 11.6 Å². The number of hydrogen-bond donors (Lipinski definition) is 2. The molecule has 2 rings (SSSR count). The predicted molar refractivity (Wildman–Crippen MR) is 85.4 cm³/mol. The number of hydrogen-bond acceptors (Lipinski definition) is 3. The fourth-order valence-electron chi connectivity index (χ4n) is 2.54. The second-order valence-electron chi connectivity index (χ2n) is 5.24. The Hall–Kier alpha value is -1.46. The first-order valence-electron chi connectivity index (χ1n) is 7.35. The monoisotopic (exact) mass is 311 g/mol. The molecule has 1 fully saturated rings. The number of carbonyl (C=O) groups is 1. The van der Waals surface area contributed by atoms with Crippen molar-refractivity contribution in [3.63, 3.8) is 0 Å². The summed E-state index contributed by atoms with van der Waals surface area (Å²) in [4.78, 5) is 15.1. The topological polar surface area (TPSA) is 55.8 Å². The van der Waals surface area contributed by atoms with E-state index >= 15 is 0 Å². The highest BCUT2D eigenvalue weighted by Gasteiger charge is 2.16. The van der Waals surface area contributed by atoms with Crippen molar-refractivity contribution in [3.05, 3.63) is 29.3 Å². The van der Waals surface area contributed by atoms with Crippen molar-refractivity contribution in [1.29, 1.82) is 0 Å². The number of rotatable bonds is 6. The van der Waals surface area contributed by atoms with Gasteiger partial charge in [-0.1, -0.05) is 11.6 Å². The minimum absolute atomic E-state index is 0.542. The Kier molecular flexibility index (Phi) is 6.14. The van der Waals surface area contributed by atoms with Gasteiger partial charge in [-0.3, -0.25) is 4.90 Å². The summed E-state index contributed by atoms with van der Waals surface area (Å²) < 4.78 is 0. The fourth-order valence-corrected chi connectivity index (χ4v) is 2.66. The van der Waals surface area contributed by atoms with E-state index in [4.69, 9.17) is 16.7 Å². The van der Waals surface area contributed by atoms with Gasteiger partial charge in [-0.25, -0.2) is 4.79 Å². The van der Waals surface area contributed by atoms with Crippen LogP contribution in [0.15, 0.2) is 24.3 Å². The molecule has 0 aromatic heterocycles. The number of anilines is 1. The third-order valence-electron chi connectivity index (χ3n) is 3.74. The number of amides is 1. The lowest BCUT2D eigenvalue weighted by Gasteiger charge is -2.36. The van der Waals surface area contributed by atoms with Crippen LogP contribution in [-0.4, -0.2) is 55.4 Å². The number of benzene rings is 1. The summed E-state index contributed by atoms with van der Waals surface area (Å²) in [7, 11) is 0. The lowest BCUT2D eigenvalue weighted by atomic mass is 10.2. The van der Waals surface area contributed by atoms with Gasteiger partial charge >= 0.3 is 6.09 Å². The Morgan fingerprint density at radius 1 is 1.14 bits per heavy atom. The molecule has 0 saturated carbocycles. The number of piperazine rings is 1. The van der Waals surface area contributed by atoms with Crippen molar-refractivity contribution in [3.8, 4) is 0 Å². The van der Waals surface area contributed by atoms with Crippen LogP contribution in [0.1, 0.15) is 12.8 Å². The van der Waals surface area contributed by atoms with E-state index in [1.54, 1.807) is 0 Å². The van der Waals surface area contributed by atoms with Gasteiger partial charge in [-0.2, -0.15) is 0 Å². The maximum absolute atomic E-state index is 10.3. The molecular formula is C15H22ClN3O2. The average molecular weight is 312 g/mol. The highest BCUT2D eigenvalue weighted by atomic mass is 35.5. The second kappa shape index (κ2) is 8.10. The summed E-state index contributed by atoms with van der Waals surface area (Å²) in [6.07, 6.45) is 0.983. The first-order valence-corrected chi connectivity index (χ1v) is 7.72. The molecular weight excluding hydrogens is 290 g/mol. The Morgan fingerprint density at radius 2 is 1.81 bits per heavy atom. The van der Waals surface area contributed by atoms with E-state index in [1.807, 2.05) is 12.1 Å². The quantitative estimate of drug-likeness (QED) is 0.793. The molecule has 21 heavy (non-hydrogen) atoms. The van der Waals surface area contributed by atoms with E-state index in [0.717, 1.165) is 50.6 Å². The van der Waals surface area contributed by atoms with E-state index in [-0.39, 0.29) is 0 Å². The molecule has 0 radical (unpaired) electrons. The van der Waals surface area contributed by atoms with Gasteiger partial charge in [0, 0.05) is 43.4 Å². The Bertz CT molecular complexity index is 445. The molecule has 0 atom stereocenters. The zero-order valence-corrected chi connectivity index (χ0v) is 12.9. The van der Waals surface area contributed by atoms with Crippen molar-refractivity contribution in [2.24, 2.45) is 0 Å². The minimum atomic E-state index is -0.938. The van der Waals surface area contributed by atoms with E-state index < -0.39 is 6.09 Å². The van der Waals surface area contributed by atoms with Gasteiger partial charge in [0.25, 0.3) is 0 Å². The van der Waals surface area contributed by atoms with E-state index in [0.29, 0.717) is 6.54 Å². The number of nitrogens with zero attached hydrogens (tertiary/aromatic N) is 2. The van der Waals surface area contributed by atoms with Gasteiger partial charge in [-0.05, 0) is 43.7 Å². The minimum Gasteiger partial charge on any atom is -0.465 e. The van der Waals surface area contributed by atoms with E-state index in [2.05, 4.69) is 27.2 Å². The number of nitrogens with one attached hydrogen (secondary N) is 1. The van der Waals surface area contributed by atoms with Crippen molar-refractivity contribution >= 4 is 23.4 Å². The Morgan fingerprint density at radius 3 is 2.43 bits per heavy atom. The summed E-state index contributed by atoms with van der Waals surface area (Å²) in [5.41, 5.74) is 1.23.